The second kappa shape index (κ2) is 8.59. The highest BCUT2D eigenvalue weighted by Gasteiger charge is 2.21. The summed E-state index contributed by atoms with van der Waals surface area (Å²) in [5.74, 6) is 1.48. The quantitative estimate of drug-likeness (QED) is 0.489. The first-order valence-electron chi connectivity index (χ1n) is 4.69. The molecule has 0 saturated carbocycles. The smallest absolute Gasteiger partial charge is 0.321 e. The van der Waals surface area contributed by atoms with Crippen molar-refractivity contribution in [3.05, 3.63) is 0 Å². The van der Waals surface area contributed by atoms with Crippen molar-refractivity contribution in [2.45, 2.75) is 12.1 Å². The Hall–Kier alpha value is -0.480. The summed E-state index contributed by atoms with van der Waals surface area (Å²) in [7, 11) is 0. The van der Waals surface area contributed by atoms with E-state index in [0.717, 1.165) is 11.8 Å². The Labute approximate surface area is 107 Å². The number of aliphatic carboxylic acids is 2. The summed E-state index contributed by atoms with van der Waals surface area (Å²) in [4.78, 5) is 20.3. The van der Waals surface area contributed by atoms with Gasteiger partial charge >= 0.3 is 11.9 Å². The molecule has 2 heterocycles. The van der Waals surface area contributed by atoms with Gasteiger partial charge in [-0.25, -0.2) is 0 Å². The van der Waals surface area contributed by atoms with E-state index in [0.29, 0.717) is 11.5 Å². The fourth-order valence-electron chi connectivity index (χ4n) is 1.11. The van der Waals surface area contributed by atoms with E-state index in [9.17, 15) is 9.59 Å². The second-order valence-corrected chi connectivity index (χ2v) is 5.28. The Balaban J connectivity index is 0.000000284. The van der Waals surface area contributed by atoms with Gasteiger partial charge in [-0.1, -0.05) is 0 Å². The van der Waals surface area contributed by atoms with Gasteiger partial charge in [-0.2, -0.15) is 0 Å². The van der Waals surface area contributed by atoms with Crippen molar-refractivity contribution in [2.75, 3.05) is 23.3 Å². The lowest BCUT2D eigenvalue weighted by Crippen LogP contribution is -2.32. The fraction of sp³-hybridized carbons (Fsp3) is 0.750. The van der Waals surface area contributed by atoms with Gasteiger partial charge in [0.05, 0.1) is 0 Å². The first-order valence-corrected chi connectivity index (χ1v) is 7.00. The molecule has 0 aliphatic carbocycles. The van der Waals surface area contributed by atoms with Crippen molar-refractivity contribution in [1.82, 2.24) is 10.6 Å². The molecule has 17 heavy (non-hydrogen) atoms. The van der Waals surface area contributed by atoms with Crippen molar-refractivity contribution in [3.8, 4) is 0 Å². The molecule has 2 atom stereocenters. The Morgan fingerprint density at radius 3 is 1.41 bits per heavy atom. The van der Waals surface area contributed by atoms with Gasteiger partial charge < -0.3 is 15.7 Å². The Kier molecular flexibility index (Phi) is 8.35. The topological polar surface area (TPSA) is 130 Å². The maximum Gasteiger partial charge on any atom is 0.321 e. The Morgan fingerprint density at radius 1 is 0.941 bits per heavy atom. The number of hydrogen-bond donors (Lipinski definition) is 4. The third-order valence-corrected chi connectivity index (χ3v) is 3.91. The van der Waals surface area contributed by atoms with Gasteiger partial charge in [0.25, 0.3) is 0 Å². The number of carbonyl (C=O) groups is 2. The number of carboxylic acids is 2. The SMILES string of the molecule is O.O=C(O)C1CSCN1.O=C(O)C1CSCN1. The van der Waals surface area contributed by atoms with Gasteiger partial charge in [-0.05, 0) is 0 Å². The molecule has 2 aliphatic heterocycles. The van der Waals surface area contributed by atoms with E-state index in [1.807, 2.05) is 0 Å². The average molecular weight is 284 g/mol. The molecule has 0 aromatic carbocycles. The van der Waals surface area contributed by atoms with Crippen LogP contribution >= 0.6 is 23.5 Å². The van der Waals surface area contributed by atoms with Gasteiger partial charge in [-0.3, -0.25) is 20.2 Å². The summed E-state index contributed by atoms with van der Waals surface area (Å²) in [6.07, 6.45) is 0. The third kappa shape index (κ3) is 6.13. The van der Waals surface area contributed by atoms with Crippen LogP contribution in [0, 0.1) is 0 Å². The van der Waals surface area contributed by atoms with E-state index in [4.69, 9.17) is 10.2 Å². The highest BCUT2D eigenvalue weighted by atomic mass is 32.2. The second-order valence-electron chi connectivity index (χ2n) is 3.22. The molecular weight excluding hydrogens is 268 g/mol. The molecule has 2 fully saturated rings. The molecule has 0 spiro atoms. The van der Waals surface area contributed by atoms with Crippen LogP contribution in [0.15, 0.2) is 0 Å². The van der Waals surface area contributed by atoms with Crippen LogP contribution in [0.3, 0.4) is 0 Å². The van der Waals surface area contributed by atoms with E-state index in [2.05, 4.69) is 10.6 Å². The molecule has 6 N–H and O–H groups in total. The van der Waals surface area contributed by atoms with Crippen molar-refractivity contribution in [3.63, 3.8) is 0 Å². The molecule has 7 nitrogen and oxygen atoms in total. The molecule has 0 bridgehead atoms. The minimum Gasteiger partial charge on any atom is -0.480 e. The highest BCUT2D eigenvalue weighted by Crippen LogP contribution is 2.09. The highest BCUT2D eigenvalue weighted by molar-refractivity contribution is 7.99. The Bertz CT molecular complexity index is 228. The van der Waals surface area contributed by atoms with Gasteiger partial charge in [0.2, 0.25) is 0 Å². The normalized spacial score (nSPS) is 26.6. The van der Waals surface area contributed by atoms with Crippen LogP contribution in [0.1, 0.15) is 0 Å². The largest absolute Gasteiger partial charge is 0.480 e. The number of carboxylic acid groups (broad SMARTS) is 2. The summed E-state index contributed by atoms with van der Waals surface area (Å²) < 4.78 is 0. The van der Waals surface area contributed by atoms with E-state index in [-0.39, 0.29) is 17.6 Å². The van der Waals surface area contributed by atoms with Crippen molar-refractivity contribution in [1.29, 1.82) is 0 Å². The van der Waals surface area contributed by atoms with Crippen LogP contribution in [0.5, 0.6) is 0 Å². The van der Waals surface area contributed by atoms with Crippen LogP contribution < -0.4 is 10.6 Å². The molecule has 0 amide bonds. The number of nitrogens with one attached hydrogen (secondary N) is 2. The van der Waals surface area contributed by atoms with Crippen LogP contribution in [-0.4, -0.2) is 63.0 Å². The van der Waals surface area contributed by atoms with Crippen LogP contribution in [-0.2, 0) is 9.59 Å². The maximum absolute atomic E-state index is 10.1. The van der Waals surface area contributed by atoms with Crippen LogP contribution in [0.4, 0.5) is 0 Å². The third-order valence-electron chi connectivity index (χ3n) is 2.03. The molecule has 2 aliphatic rings. The number of thioether (sulfide) groups is 2. The van der Waals surface area contributed by atoms with Gasteiger partial charge in [-0.15, -0.1) is 23.5 Å². The number of hydrogen-bond acceptors (Lipinski definition) is 6. The van der Waals surface area contributed by atoms with E-state index >= 15 is 0 Å². The molecular formula is C8H16N2O5S2. The monoisotopic (exact) mass is 284 g/mol. The predicted octanol–water partition coefficient (Wildman–Crippen LogP) is -1.36. The molecule has 2 saturated heterocycles. The minimum absolute atomic E-state index is 0. The Morgan fingerprint density at radius 2 is 1.29 bits per heavy atom. The van der Waals surface area contributed by atoms with Gasteiger partial charge in [0, 0.05) is 23.3 Å². The zero-order valence-electron chi connectivity index (χ0n) is 9.01. The summed E-state index contributed by atoms with van der Waals surface area (Å²) in [5.41, 5.74) is 0. The lowest BCUT2D eigenvalue weighted by molar-refractivity contribution is -0.139. The average Bonchev–Trinajstić information content (AvgIpc) is 2.93. The zero-order chi connectivity index (χ0) is 12.0. The molecule has 0 radical (unpaired) electrons. The zero-order valence-corrected chi connectivity index (χ0v) is 10.6. The van der Waals surface area contributed by atoms with Crippen molar-refractivity contribution in [2.24, 2.45) is 0 Å². The van der Waals surface area contributed by atoms with Crippen LogP contribution in [0.25, 0.3) is 0 Å². The maximum atomic E-state index is 10.1. The predicted molar refractivity (Wildman–Crippen MR) is 67.4 cm³/mol. The standard InChI is InChI=1S/2C4H7NO2S.H2O/c2*6-4(7)3-1-8-2-5-3;/h2*3,5H,1-2H2,(H,6,7);1H2. The lowest BCUT2D eigenvalue weighted by atomic mass is 10.4. The molecule has 2 rings (SSSR count). The van der Waals surface area contributed by atoms with E-state index < -0.39 is 11.9 Å². The molecule has 9 heteroatoms. The van der Waals surface area contributed by atoms with Crippen molar-refractivity contribution < 1.29 is 25.3 Å². The summed E-state index contributed by atoms with van der Waals surface area (Å²) in [6, 6.07) is -0.611. The summed E-state index contributed by atoms with van der Waals surface area (Å²) in [6.45, 7) is 0. The van der Waals surface area contributed by atoms with Gasteiger partial charge in [0.15, 0.2) is 0 Å². The minimum atomic E-state index is -0.741. The molecule has 0 aromatic rings. The summed E-state index contributed by atoms with van der Waals surface area (Å²) in [5, 5.41) is 22.3. The first-order chi connectivity index (χ1) is 7.61. The fourth-order valence-corrected chi connectivity index (χ4v) is 2.97. The van der Waals surface area contributed by atoms with Crippen LogP contribution in [0.2, 0.25) is 0 Å². The van der Waals surface area contributed by atoms with E-state index in [1.165, 1.54) is 0 Å². The first kappa shape index (κ1) is 16.5. The molecule has 100 valence electrons. The van der Waals surface area contributed by atoms with Gasteiger partial charge in [0.1, 0.15) is 12.1 Å². The number of rotatable bonds is 2. The molecule has 0 aromatic heterocycles. The molecule has 2 unspecified atom stereocenters. The van der Waals surface area contributed by atoms with E-state index in [1.54, 1.807) is 23.5 Å². The van der Waals surface area contributed by atoms with Crippen molar-refractivity contribution >= 4 is 35.5 Å². The lowest BCUT2D eigenvalue weighted by Gasteiger charge is -1.98. The summed E-state index contributed by atoms with van der Waals surface area (Å²) >= 11 is 3.24.